The number of hydrogen-bond acceptors (Lipinski definition) is 2. The molecule has 76 valence electrons. The van der Waals surface area contributed by atoms with Crippen molar-refractivity contribution < 1.29 is 4.79 Å². The number of allylic oxidation sites excluding steroid dienone is 1. The van der Waals surface area contributed by atoms with Crippen LogP contribution in [0.4, 0.5) is 0 Å². The van der Waals surface area contributed by atoms with Crippen LogP contribution in [0.1, 0.15) is 26.7 Å². The van der Waals surface area contributed by atoms with Gasteiger partial charge in [-0.1, -0.05) is 11.6 Å². The molecule has 0 aromatic rings. The molecular formula is C10H20N2O. The lowest BCUT2D eigenvalue weighted by Crippen LogP contribution is -2.21. The Kier molecular flexibility index (Phi) is 7.30. The van der Waals surface area contributed by atoms with Crippen molar-refractivity contribution in [1.82, 2.24) is 10.6 Å². The standard InChI is InChI=1S/C10H20N2O/c1-9(2)6-8-12-7-4-5-10(13)11-3/h6,12H,4-5,7-8H2,1-3H3,(H,11,13). The number of carbonyl (C=O) groups is 1. The van der Waals surface area contributed by atoms with Crippen LogP contribution in [0.15, 0.2) is 11.6 Å². The second kappa shape index (κ2) is 7.80. The lowest BCUT2D eigenvalue weighted by atomic mass is 10.3. The number of carbonyl (C=O) groups excluding carboxylic acids is 1. The molecule has 0 aromatic heterocycles. The van der Waals surface area contributed by atoms with Gasteiger partial charge in [-0.2, -0.15) is 0 Å². The first-order valence-electron chi connectivity index (χ1n) is 4.71. The molecule has 0 aromatic carbocycles. The average Bonchev–Trinajstić information content (AvgIpc) is 2.10. The fraction of sp³-hybridized carbons (Fsp3) is 0.700. The molecule has 0 unspecified atom stereocenters. The van der Waals surface area contributed by atoms with E-state index in [4.69, 9.17) is 0 Å². The predicted molar refractivity (Wildman–Crippen MR) is 55.6 cm³/mol. The van der Waals surface area contributed by atoms with Crippen molar-refractivity contribution in [2.24, 2.45) is 0 Å². The van der Waals surface area contributed by atoms with E-state index in [0.29, 0.717) is 6.42 Å². The van der Waals surface area contributed by atoms with Crippen LogP contribution < -0.4 is 10.6 Å². The Bertz CT molecular complexity index is 172. The lowest BCUT2D eigenvalue weighted by molar-refractivity contribution is -0.120. The summed E-state index contributed by atoms with van der Waals surface area (Å²) in [6.07, 6.45) is 3.65. The van der Waals surface area contributed by atoms with Crippen molar-refractivity contribution in [3.05, 3.63) is 11.6 Å². The molecule has 0 bridgehead atoms. The van der Waals surface area contributed by atoms with Crippen LogP contribution in [0, 0.1) is 0 Å². The third-order valence-corrected chi connectivity index (χ3v) is 1.69. The average molecular weight is 184 g/mol. The van der Waals surface area contributed by atoms with Crippen molar-refractivity contribution in [2.75, 3.05) is 20.1 Å². The Hall–Kier alpha value is -0.830. The smallest absolute Gasteiger partial charge is 0.219 e. The van der Waals surface area contributed by atoms with Gasteiger partial charge in [-0.3, -0.25) is 4.79 Å². The minimum absolute atomic E-state index is 0.115. The van der Waals surface area contributed by atoms with Crippen molar-refractivity contribution in [3.8, 4) is 0 Å². The lowest BCUT2D eigenvalue weighted by Gasteiger charge is -2.01. The molecule has 3 nitrogen and oxygen atoms in total. The molecule has 0 radical (unpaired) electrons. The van der Waals surface area contributed by atoms with Gasteiger partial charge in [-0.05, 0) is 26.8 Å². The molecule has 0 heterocycles. The highest BCUT2D eigenvalue weighted by Gasteiger charge is 1.95. The van der Waals surface area contributed by atoms with E-state index in [9.17, 15) is 4.79 Å². The Balaban J connectivity index is 3.18. The van der Waals surface area contributed by atoms with Gasteiger partial charge in [0, 0.05) is 20.0 Å². The first-order chi connectivity index (χ1) is 6.16. The van der Waals surface area contributed by atoms with Gasteiger partial charge in [0.15, 0.2) is 0 Å². The maximum Gasteiger partial charge on any atom is 0.219 e. The van der Waals surface area contributed by atoms with Crippen molar-refractivity contribution in [1.29, 1.82) is 0 Å². The molecule has 0 rings (SSSR count). The number of amides is 1. The van der Waals surface area contributed by atoms with Crippen LogP contribution in [0.25, 0.3) is 0 Å². The summed E-state index contributed by atoms with van der Waals surface area (Å²) in [6, 6.07) is 0. The van der Waals surface area contributed by atoms with Crippen LogP contribution in [0.5, 0.6) is 0 Å². The van der Waals surface area contributed by atoms with E-state index >= 15 is 0 Å². The zero-order valence-corrected chi connectivity index (χ0v) is 8.81. The first kappa shape index (κ1) is 12.2. The van der Waals surface area contributed by atoms with E-state index < -0.39 is 0 Å². The van der Waals surface area contributed by atoms with Gasteiger partial charge < -0.3 is 10.6 Å². The fourth-order valence-corrected chi connectivity index (χ4v) is 0.877. The van der Waals surface area contributed by atoms with Gasteiger partial charge in [0.2, 0.25) is 5.91 Å². The number of nitrogens with one attached hydrogen (secondary N) is 2. The van der Waals surface area contributed by atoms with Gasteiger partial charge in [-0.15, -0.1) is 0 Å². The number of hydrogen-bond donors (Lipinski definition) is 2. The zero-order chi connectivity index (χ0) is 10.1. The molecule has 0 aliphatic heterocycles. The highest BCUT2D eigenvalue weighted by Crippen LogP contribution is 1.88. The molecule has 0 saturated carbocycles. The highest BCUT2D eigenvalue weighted by atomic mass is 16.1. The Labute approximate surface area is 80.6 Å². The number of rotatable bonds is 6. The fourth-order valence-electron chi connectivity index (χ4n) is 0.877. The van der Waals surface area contributed by atoms with Crippen LogP contribution >= 0.6 is 0 Å². The van der Waals surface area contributed by atoms with Gasteiger partial charge >= 0.3 is 0 Å². The van der Waals surface area contributed by atoms with Gasteiger partial charge in [0.25, 0.3) is 0 Å². The molecule has 1 amide bonds. The largest absolute Gasteiger partial charge is 0.359 e. The van der Waals surface area contributed by atoms with Crippen LogP contribution in [-0.2, 0) is 4.79 Å². The predicted octanol–water partition coefficient (Wildman–Crippen LogP) is 1.07. The zero-order valence-electron chi connectivity index (χ0n) is 8.81. The Morgan fingerprint density at radius 2 is 2.08 bits per heavy atom. The Morgan fingerprint density at radius 3 is 2.62 bits per heavy atom. The Morgan fingerprint density at radius 1 is 1.38 bits per heavy atom. The molecule has 0 fully saturated rings. The van der Waals surface area contributed by atoms with Crippen LogP contribution in [-0.4, -0.2) is 26.0 Å². The van der Waals surface area contributed by atoms with E-state index in [0.717, 1.165) is 19.5 Å². The van der Waals surface area contributed by atoms with E-state index in [1.54, 1.807) is 7.05 Å². The van der Waals surface area contributed by atoms with Crippen LogP contribution in [0.2, 0.25) is 0 Å². The van der Waals surface area contributed by atoms with Crippen molar-refractivity contribution in [3.63, 3.8) is 0 Å². The molecule has 2 N–H and O–H groups in total. The van der Waals surface area contributed by atoms with E-state index in [1.807, 2.05) is 0 Å². The highest BCUT2D eigenvalue weighted by molar-refractivity contribution is 5.75. The summed E-state index contributed by atoms with van der Waals surface area (Å²) >= 11 is 0. The van der Waals surface area contributed by atoms with Crippen LogP contribution in [0.3, 0.4) is 0 Å². The molecule has 0 aliphatic rings. The monoisotopic (exact) mass is 184 g/mol. The summed E-state index contributed by atoms with van der Waals surface area (Å²) < 4.78 is 0. The topological polar surface area (TPSA) is 41.1 Å². The summed E-state index contributed by atoms with van der Waals surface area (Å²) in [5.41, 5.74) is 1.32. The summed E-state index contributed by atoms with van der Waals surface area (Å²) in [6.45, 7) is 5.95. The first-order valence-corrected chi connectivity index (χ1v) is 4.71. The van der Waals surface area contributed by atoms with E-state index in [-0.39, 0.29) is 5.91 Å². The van der Waals surface area contributed by atoms with Crippen molar-refractivity contribution in [2.45, 2.75) is 26.7 Å². The molecule has 0 aliphatic carbocycles. The van der Waals surface area contributed by atoms with Gasteiger partial charge in [0.05, 0.1) is 0 Å². The third kappa shape index (κ3) is 9.08. The SMILES string of the molecule is CNC(=O)CCCNCC=C(C)C. The normalized spacial score (nSPS) is 9.46. The van der Waals surface area contributed by atoms with Gasteiger partial charge in [0.1, 0.15) is 0 Å². The molecule has 3 heteroatoms. The summed E-state index contributed by atoms with van der Waals surface area (Å²) in [5.74, 6) is 0.115. The minimum Gasteiger partial charge on any atom is -0.359 e. The maximum absolute atomic E-state index is 10.8. The molecule has 0 atom stereocenters. The van der Waals surface area contributed by atoms with E-state index in [1.165, 1.54) is 5.57 Å². The third-order valence-electron chi connectivity index (χ3n) is 1.69. The van der Waals surface area contributed by atoms with E-state index in [2.05, 4.69) is 30.6 Å². The second-order valence-electron chi connectivity index (χ2n) is 3.26. The summed E-state index contributed by atoms with van der Waals surface area (Å²) in [7, 11) is 1.67. The van der Waals surface area contributed by atoms with Crippen molar-refractivity contribution >= 4 is 5.91 Å². The minimum atomic E-state index is 0.115. The molecule has 0 spiro atoms. The summed E-state index contributed by atoms with van der Waals surface area (Å²) in [5, 5.41) is 5.84. The second-order valence-corrected chi connectivity index (χ2v) is 3.26. The molecular weight excluding hydrogens is 164 g/mol. The quantitative estimate of drug-likeness (QED) is 0.479. The maximum atomic E-state index is 10.8. The van der Waals surface area contributed by atoms with Gasteiger partial charge in [-0.25, -0.2) is 0 Å². The molecule has 13 heavy (non-hydrogen) atoms. The molecule has 0 saturated heterocycles. The summed E-state index contributed by atoms with van der Waals surface area (Å²) in [4.78, 5) is 10.8.